The van der Waals surface area contributed by atoms with Crippen molar-refractivity contribution in [3.8, 4) is 0 Å². The van der Waals surface area contributed by atoms with E-state index in [1.807, 2.05) is 0 Å². The molecule has 0 aliphatic rings. The van der Waals surface area contributed by atoms with Crippen molar-refractivity contribution in [2.45, 2.75) is 30.7 Å². The molecule has 3 N–H and O–H groups in total. The zero-order chi connectivity index (χ0) is 7.28. The summed E-state index contributed by atoms with van der Waals surface area (Å²) in [6.07, 6.45) is 1.68. The van der Waals surface area contributed by atoms with Crippen molar-refractivity contribution in [2.75, 3.05) is 6.54 Å². The monoisotopic (exact) mass is 195 g/mol. The highest BCUT2D eigenvalue weighted by atomic mass is 79.9. The lowest BCUT2D eigenvalue weighted by Crippen LogP contribution is -2.28. The van der Waals surface area contributed by atoms with E-state index in [-0.39, 0.29) is 10.9 Å². The number of aliphatic hydroxyl groups excluding tert-OH is 1. The molecule has 0 aromatic rings. The van der Waals surface area contributed by atoms with Crippen LogP contribution in [0.2, 0.25) is 0 Å². The Morgan fingerprint density at radius 1 is 1.67 bits per heavy atom. The molecular weight excluding hydrogens is 182 g/mol. The van der Waals surface area contributed by atoms with Crippen molar-refractivity contribution >= 4 is 15.9 Å². The quantitative estimate of drug-likeness (QED) is 0.655. The lowest BCUT2D eigenvalue weighted by Gasteiger charge is -2.13. The zero-order valence-corrected chi connectivity index (χ0v) is 7.26. The summed E-state index contributed by atoms with van der Waals surface area (Å²) < 4.78 is 0. The third kappa shape index (κ3) is 3.89. The molecule has 0 radical (unpaired) electrons. The fourth-order valence-corrected chi connectivity index (χ4v) is 1.29. The van der Waals surface area contributed by atoms with Crippen LogP contribution in [0.3, 0.4) is 0 Å². The maximum absolute atomic E-state index is 9.09. The molecule has 0 spiro atoms. The standard InChI is InChI=1S/C6H14BrNO/c1-2-3-5(7)6(9)4-8/h5-6,9H,2-4,8H2,1H3. The topological polar surface area (TPSA) is 46.2 Å². The average Bonchev–Trinajstić information content (AvgIpc) is 1.87. The van der Waals surface area contributed by atoms with E-state index >= 15 is 0 Å². The molecule has 0 rings (SSSR count). The van der Waals surface area contributed by atoms with Gasteiger partial charge in [-0.05, 0) is 6.42 Å². The number of nitrogens with two attached hydrogens (primary N) is 1. The van der Waals surface area contributed by atoms with E-state index in [4.69, 9.17) is 10.8 Å². The predicted molar refractivity (Wildman–Crippen MR) is 42.7 cm³/mol. The Hall–Kier alpha value is 0.400. The molecule has 0 aromatic carbocycles. The van der Waals surface area contributed by atoms with Gasteiger partial charge in [0, 0.05) is 11.4 Å². The number of aliphatic hydroxyl groups is 1. The SMILES string of the molecule is CCCC(Br)C(O)CN. The van der Waals surface area contributed by atoms with Crippen LogP contribution in [0.1, 0.15) is 19.8 Å². The van der Waals surface area contributed by atoms with E-state index in [1.54, 1.807) is 0 Å². The van der Waals surface area contributed by atoms with Crippen LogP contribution in [0, 0.1) is 0 Å². The summed E-state index contributed by atoms with van der Waals surface area (Å²) in [6.45, 7) is 2.42. The van der Waals surface area contributed by atoms with Crippen LogP contribution in [0.25, 0.3) is 0 Å². The number of hydrogen-bond acceptors (Lipinski definition) is 2. The van der Waals surface area contributed by atoms with Gasteiger partial charge in [-0.2, -0.15) is 0 Å². The molecular formula is C6H14BrNO. The minimum Gasteiger partial charge on any atom is -0.391 e. The summed E-state index contributed by atoms with van der Waals surface area (Å²) >= 11 is 3.33. The van der Waals surface area contributed by atoms with Crippen LogP contribution >= 0.6 is 15.9 Å². The molecule has 0 aliphatic heterocycles. The maximum Gasteiger partial charge on any atom is 0.0787 e. The fourth-order valence-electron chi connectivity index (χ4n) is 0.616. The van der Waals surface area contributed by atoms with Crippen LogP contribution in [-0.2, 0) is 0 Å². The van der Waals surface area contributed by atoms with E-state index in [1.165, 1.54) is 0 Å². The second-order valence-electron chi connectivity index (χ2n) is 2.11. The predicted octanol–water partition coefficient (Wildman–Crippen LogP) is 0.870. The molecule has 2 unspecified atom stereocenters. The third-order valence-corrected chi connectivity index (χ3v) is 2.29. The summed E-state index contributed by atoms with van der Waals surface area (Å²) in [4.78, 5) is 0.174. The van der Waals surface area contributed by atoms with Gasteiger partial charge >= 0.3 is 0 Å². The second kappa shape index (κ2) is 5.21. The fraction of sp³-hybridized carbons (Fsp3) is 1.00. The summed E-state index contributed by atoms with van der Waals surface area (Å²) in [5.74, 6) is 0. The molecule has 3 heteroatoms. The van der Waals surface area contributed by atoms with Crippen LogP contribution in [-0.4, -0.2) is 22.6 Å². The highest BCUT2D eigenvalue weighted by Crippen LogP contribution is 2.11. The molecule has 56 valence electrons. The van der Waals surface area contributed by atoms with Gasteiger partial charge < -0.3 is 10.8 Å². The van der Waals surface area contributed by atoms with Crippen molar-refractivity contribution in [3.05, 3.63) is 0 Å². The van der Waals surface area contributed by atoms with Crippen molar-refractivity contribution in [1.29, 1.82) is 0 Å². The van der Waals surface area contributed by atoms with E-state index in [0.29, 0.717) is 6.54 Å². The first-order valence-electron chi connectivity index (χ1n) is 3.24. The molecule has 0 fully saturated rings. The Bertz CT molecular complexity index is 70.1. The van der Waals surface area contributed by atoms with Gasteiger partial charge in [0.25, 0.3) is 0 Å². The van der Waals surface area contributed by atoms with E-state index in [0.717, 1.165) is 12.8 Å². The molecule has 0 heterocycles. The highest BCUT2D eigenvalue weighted by molar-refractivity contribution is 9.09. The third-order valence-electron chi connectivity index (χ3n) is 1.22. The zero-order valence-electron chi connectivity index (χ0n) is 5.68. The molecule has 0 saturated heterocycles. The molecule has 0 aliphatic carbocycles. The second-order valence-corrected chi connectivity index (χ2v) is 3.28. The van der Waals surface area contributed by atoms with Crippen LogP contribution in [0.4, 0.5) is 0 Å². The number of alkyl halides is 1. The molecule has 2 nitrogen and oxygen atoms in total. The van der Waals surface area contributed by atoms with Crippen molar-refractivity contribution < 1.29 is 5.11 Å². The molecule has 0 amide bonds. The Morgan fingerprint density at radius 2 is 2.22 bits per heavy atom. The molecule has 2 atom stereocenters. The maximum atomic E-state index is 9.09. The smallest absolute Gasteiger partial charge is 0.0787 e. The largest absolute Gasteiger partial charge is 0.391 e. The van der Waals surface area contributed by atoms with Gasteiger partial charge in [-0.15, -0.1) is 0 Å². The summed E-state index contributed by atoms with van der Waals surface area (Å²) in [6, 6.07) is 0. The van der Waals surface area contributed by atoms with E-state index in [9.17, 15) is 0 Å². The summed E-state index contributed by atoms with van der Waals surface area (Å²) in [7, 11) is 0. The van der Waals surface area contributed by atoms with Gasteiger partial charge in [-0.1, -0.05) is 29.3 Å². The van der Waals surface area contributed by atoms with E-state index in [2.05, 4.69) is 22.9 Å². The molecule has 9 heavy (non-hydrogen) atoms. The highest BCUT2D eigenvalue weighted by Gasteiger charge is 2.11. The average molecular weight is 196 g/mol. The lowest BCUT2D eigenvalue weighted by atomic mass is 10.2. The summed E-state index contributed by atoms with van der Waals surface area (Å²) in [5.41, 5.74) is 5.22. The first-order valence-corrected chi connectivity index (χ1v) is 4.16. The Labute approximate surface area is 64.6 Å². The van der Waals surface area contributed by atoms with Crippen molar-refractivity contribution in [2.24, 2.45) is 5.73 Å². The minimum atomic E-state index is -0.384. The number of hydrogen-bond donors (Lipinski definition) is 2. The van der Waals surface area contributed by atoms with Gasteiger partial charge in [0.2, 0.25) is 0 Å². The number of rotatable bonds is 4. The molecule has 0 saturated carbocycles. The van der Waals surface area contributed by atoms with Crippen LogP contribution < -0.4 is 5.73 Å². The van der Waals surface area contributed by atoms with Crippen LogP contribution in [0.5, 0.6) is 0 Å². The molecule has 0 bridgehead atoms. The van der Waals surface area contributed by atoms with Gasteiger partial charge in [-0.3, -0.25) is 0 Å². The van der Waals surface area contributed by atoms with E-state index < -0.39 is 0 Å². The summed E-state index contributed by atoms with van der Waals surface area (Å²) in [5, 5.41) is 9.09. The Morgan fingerprint density at radius 3 is 2.56 bits per heavy atom. The van der Waals surface area contributed by atoms with Gasteiger partial charge in [0.05, 0.1) is 6.10 Å². The lowest BCUT2D eigenvalue weighted by molar-refractivity contribution is 0.178. The van der Waals surface area contributed by atoms with Gasteiger partial charge in [0.15, 0.2) is 0 Å². The minimum absolute atomic E-state index is 0.174. The first-order chi connectivity index (χ1) is 4.22. The van der Waals surface area contributed by atoms with Gasteiger partial charge in [-0.25, -0.2) is 0 Å². The first kappa shape index (κ1) is 9.40. The Balaban J connectivity index is 3.32. The Kier molecular flexibility index (Phi) is 5.44. The van der Waals surface area contributed by atoms with Crippen molar-refractivity contribution in [1.82, 2.24) is 0 Å². The van der Waals surface area contributed by atoms with Crippen LogP contribution in [0.15, 0.2) is 0 Å². The number of halogens is 1. The normalized spacial score (nSPS) is 17.3. The van der Waals surface area contributed by atoms with Gasteiger partial charge in [0.1, 0.15) is 0 Å². The molecule has 0 aromatic heterocycles. The van der Waals surface area contributed by atoms with Crippen molar-refractivity contribution in [3.63, 3.8) is 0 Å².